The van der Waals surface area contributed by atoms with Crippen LogP contribution in [0.2, 0.25) is 0 Å². The highest BCUT2D eigenvalue weighted by Gasteiger charge is 2.17. The molecule has 1 aromatic heterocycles. The summed E-state index contributed by atoms with van der Waals surface area (Å²) in [5.41, 5.74) is 0.00262. The lowest BCUT2D eigenvalue weighted by Crippen LogP contribution is -2.16. The fourth-order valence-corrected chi connectivity index (χ4v) is 2.02. The number of aryl methyl sites for hydroxylation is 1. The van der Waals surface area contributed by atoms with Gasteiger partial charge in [-0.15, -0.1) is 0 Å². The Balaban J connectivity index is 2.34. The molecule has 0 spiro atoms. The van der Waals surface area contributed by atoms with Crippen LogP contribution >= 0.6 is 0 Å². The number of benzene rings is 1. The fraction of sp³-hybridized carbons (Fsp3) is 0.0909. The van der Waals surface area contributed by atoms with Crippen molar-refractivity contribution in [2.45, 2.75) is 11.8 Å². The molecule has 7 nitrogen and oxygen atoms in total. The van der Waals surface area contributed by atoms with Crippen LogP contribution in [0.15, 0.2) is 33.9 Å². The van der Waals surface area contributed by atoms with Crippen LogP contribution in [0.1, 0.15) is 16.2 Å². The van der Waals surface area contributed by atoms with Gasteiger partial charge in [0, 0.05) is 0 Å². The summed E-state index contributed by atoms with van der Waals surface area (Å²) in [4.78, 5) is 15.2. The highest BCUT2D eigenvalue weighted by molar-refractivity contribution is 7.89. The van der Waals surface area contributed by atoms with Gasteiger partial charge in [-0.05, 0) is 25.1 Å². The van der Waals surface area contributed by atoms with Crippen molar-refractivity contribution >= 4 is 21.6 Å². The number of carbonyl (C=O) groups is 1. The molecule has 20 heavy (non-hydrogen) atoms. The number of rotatable bonds is 3. The molecule has 0 aliphatic heterocycles. The number of nitrogens with one attached hydrogen (secondary N) is 1. The number of aromatic nitrogens is 1. The van der Waals surface area contributed by atoms with Crippen LogP contribution < -0.4 is 10.5 Å². The lowest BCUT2D eigenvalue weighted by molar-refractivity contribution is 0.0995. The summed E-state index contributed by atoms with van der Waals surface area (Å²) in [6.07, 6.45) is 1.07. The number of anilines is 1. The van der Waals surface area contributed by atoms with Crippen LogP contribution in [0.5, 0.6) is 0 Å². The second-order valence-corrected chi connectivity index (χ2v) is 5.47. The molecule has 0 atom stereocenters. The summed E-state index contributed by atoms with van der Waals surface area (Å²) in [6.45, 7) is 1.54. The minimum atomic E-state index is -3.99. The van der Waals surface area contributed by atoms with Gasteiger partial charge in [0.05, 0.1) is 16.3 Å². The first-order valence-corrected chi connectivity index (χ1v) is 6.87. The molecule has 3 N–H and O–H groups in total. The number of sulfonamides is 1. The molecule has 0 aliphatic carbocycles. The highest BCUT2D eigenvalue weighted by atomic mass is 32.2. The summed E-state index contributed by atoms with van der Waals surface area (Å²) in [6, 6.07) is 2.82. The smallest absolute Gasteiger partial charge is 0.293 e. The first-order valence-electron chi connectivity index (χ1n) is 5.33. The second kappa shape index (κ2) is 5.02. The molecule has 9 heteroatoms. The van der Waals surface area contributed by atoms with Crippen molar-refractivity contribution < 1.29 is 22.0 Å². The summed E-state index contributed by atoms with van der Waals surface area (Å²) < 4.78 is 40.8. The number of primary sulfonamides is 1. The van der Waals surface area contributed by atoms with E-state index < -0.39 is 21.7 Å². The summed E-state index contributed by atoms with van der Waals surface area (Å²) in [7, 11) is -3.99. The Bertz CT molecular complexity index is 770. The summed E-state index contributed by atoms with van der Waals surface area (Å²) in [5.74, 6) is -1.64. The van der Waals surface area contributed by atoms with E-state index in [0.29, 0.717) is 5.69 Å². The summed E-state index contributed by atoms with van der Waals surface area (Å²) >= 11 is 0. The monoisotopic (exact) mass is 299 g/mol. The van der Waals surface area contributed by atoms with Gasteiger partial charge in [-0.3, -0.25) is 4.79 Å². The van der Waals surface area contributed by atoms with Crippen molar-refractivity contribution in [2.24, 2.45) is 5.14 Å². The van der Waals surface area contributed by atoms with E-state index in [-0.39, 0.29) is 16.3 Å². The Morgan fingerprint density at radius 2 is 2.15 bits per heavy atom. The van der Waals surface area contributed by atoms with Crippen molar-refractivity contribution in [3.05, 3.63) is 41.9 Å². The zero-order chi connectivity index (χ0) is 14.9. The van der Waals surface area contributed by atoms with Crippen LogP contribution in [0, 0.1) is 12.7 Å². The second-order valence-electron chi connectivity index (χ2n) is 3.91. The zero-order valence-corrected chi connectivity index (χ0v) is 11.1. The molecule has 0 bridgehead atoms. The van der Waals surface area contributed by atoms with E-state index >= 15 is 0 Å². The van der Waals surface area contributed by atoms with Gasteiger partial charge in [0.25, 0.3) is 5.91 Å². The van der Waals surface area contributed by atoms with E-state index in [2.05, 4.69) is 10.3 Å². The molecule has 0 aliphatic rings. The number of oxazole rings is 1. The average molecular weight is 299 g/mol. The molecule has 0 saturated heterocycles. The van der Waals surface area contributed by atoms with E-state index in [0.717, 1.165) is 24.6 Å². The molecule has 1 amide bonds. The molecular formula is C11H10FN3O4S. The molecule has 1 heterocycles. The first kappa shape index (κ1) is 14.2. The molecule has 0 fully saturated rings. The Labute approximate surface area is 113 Å². The molecule has 0 saturated carbocycles. The van der Waals surface area contributed by atoms with Crippen molar-refractivity contribution in [3.8, 4) is 0 Å². The maximum atomic E-state index is 13.6. The van der Waals surface area contributed by atoms with Gasteiger partial charge in [0.15, 0.2) is 6.39 Å². The Morgan fingerprint density at radius 1 is 1.45 bits per heavy atom. The van der Waals surface area contributed by atoms with Gasteiger partial charge >= 0.3 is 0 Å². The van der Waals surface area contributed by atoms with E-state index in [1.807, 2.05) is 0 Å². The van der Waals surface area contributed by atoms with E-state index in [1.54, 1.807) is 0 Å². The third-order valence-corrected chi connectivity index (χ3v) is 3.38. The topological polar surface area (TPSA) is 115 Å². The summed E-state index contributed by atoms with van der Waals surface area (Å²) in [5, 5.41) is 7.13. The number of amides is 1. The fourth-order valence-electron chi connectivity index (χ4n) is 1.48. The van der Waals surface area contributed by atoms with Gasteiger partial charge in [-0.2, -0.15) is 0 Å². The number of hydrogen-bond donors (Lipinski definition) is 2. The lowest BCUT2D eigenvalue weighted by atomic mass is 10.3. The van der Waals surface area contributed by atoms with Crippen LogP contribution in [0.25, 0.3) is 0 Å². The molecule has 2 rings (SSSR count). The van der Waals surface area contributed by atoms with E-state index in [9.17, 15) is 17.6 Å². The van der Waals surface area contributed by atoms with Gasteiger partial charge in [0.2, 0.25) is 15.8 Å². The van der Waals surface area contributed by atoms with Crippen molar-refractivity contribution in [2.75, 3.05) is 5.32 Å². The van der Waals surface area contributed by atoms with Gasteiger partial charge in [-0.1, -0.05) is 0 Å². The Kier molecular flexibility index (Phi) is 3.55. The molecule has 2 aromatic rings. The van der Waals surface area contributed by atoms with E-state index in [1.165, 1.54) is 6.92 Å². The zero-order valence-electron chi connectivity index (χ0n) is 10.3. The highest BCUT2D eigenvalue weighted by Crippen LogP contribution is 2.20. The number of halogens is 1. The molecule has 0 radical (unpaired) electrons. The van der Waals surface area contributed by atoms with Crippen LogP contribution in [-0.4, -0.2) is 19.3 Å². The van der Waals surface area contributed by atoms with Crippen LogP contribution in [-0.2, 0) is 10.0 Å². The van der Waals surface area contributed by atoms with Crippen molar-refractivity contribution in [3.63, 3.8) is 0 Å². The number of nitrogens with zero attached hydrogens (tertiary/aromatic N) is 1. The largest absolute Gasteiger partial charge is 0.438 e. The predicted molar refractivity (Wildman–Crippen MR) is 67.0 cm³/mol. The van der Waals surface area contributed by atoms with Crippen LogP contribution in [0.3, 0.4) is 0 Å². The standard InChI is InChI=1S/C11H10FN3O4S/c1-6-10(19-5-14-6)11(16)15-9-4-7(20(13,17)18)2-3-8(9)12/h2-5H,1H3,(H,15,16)(H2,13,17,18). The van der Waals surface area contributed by atoms with Crippen molar-refractivity contribution in [1.29, 1.82) is 0 Å². The number of hydrogen-bond acceptors (Lipinski definition) is 5. The first-order chi connectivity index (χ1) is 9.29. The van der Waals surface area contributed by atoms with Gasteiger partial charge in [0.1, 0.15) is 5.82 Å². The Morgan fingerprint density at radius 3 is 2.70 bits per heavy atom. The Hall–Kier alpha value is -2.26. The maximum absolute atomic E-state index is 13.6. The number of nitrogens with two attached hydrogens (primary N) is 1. The molecule has 0 unspecified atom stereocenters. The lowest BCUT2D eigenvalue weighted by Gasteiger charge is -2.07. The molecule has 1 aromatic carbocycles. The SMILES string of the molecule is Cc1ncoc1C(=O)Nc1cc(S(N)(=O)=O)ccc1F. The predicted octanol–water partition coefficient (Wildman–Crippen LogP) is 1.02. The molecule has 106 valence electrons. The maximum Gasteiger partial charge on any atom is 0.293 e. The van der Waals surface area contributed by atoms with Crippen LogP contribution in [0.4, 0.5) is 10.1 Å². The normalized spacial score (nSPS) is 11.3. The van der Waals surface area contributed by atoms with E-state index in [4.69, 9.17) is 9.56 Å². The van der Waals surface area contributed by atoms with Gasteiger partial charge < -0.3 is 9.73 Å². The minimum absolute atomic E-state index is 0.0922. The van der Waals surface area contributed by atoms with Crippen molar-refractivity contribution in [1.82, 2.24) is 4.98 Å². The average Bonchev–Trinajstić information content (AvgIpc) is 2.77. The molecular weight excluding hydrogens is 289 g/mol. The third kappa shape index (κ3) is 2.83. The number of carbonyl (C=O) groups excluding carboxylic acids is 1. The van der Waals surface area contributed by atoms with Gasteiger partial charge in [-0.25, -0.2) is 22.9 Å². The quantitative estimate of drug-likeness (QED) is 0.878. The minimum Gasteiger partial charge on any atom is -0.438 e. The third-order valence-electron chi connectivity index (χ3n) is 2.47.